The van der Waals surface area contributed by atoms with E-state index in [4.69, 9.17) is 10.7 Å². The molecule has 164 valence electrons. The van der Waals surface area contributed by atoms with Crippen LogP contribution in [0.2, 0.25) is 0 Å². The van der Waals surface area contributed by atoms with Crippen LogP contribution >= 0.6 is 0 Å². The van der Waals surface area contributed by atoms with Crippen molar-refractivity contribution in [3.63, 3.8) is 0 Å². The fraction of sp³-hybridized carbons (Fsp3) is 0.429. The van der Waals surface area contributed by atoms with Gasteiger partial charge in [0.05, 0.1) is 18.5 Å². The predicted octanol–water partition coefficient (Wildman–Crippen LogP) is 2.01. The topological polar surface area (TPSA) is 123 Å². The normalized spacial score (nSPS) is 23.5. The van der Waals surface area contributed by atoms with Crippen LogP contribution in [0, 0.1) is 5.82 Å². The van der Waals surface area contributed by atoms with Gasteiger partial charge >= 0.3 is 0 Å². The van der Waals surface area contributed by atoms with Crippen molar-refractivity contribution in [2.75, 3.05) is 12.0 Å². The summed E-state index contributed by atoms with van der Waals surface area (Å²) in [6, 6.07) is 5.20. The van der Waals surface area contributed by atoms with E-state index in [1.54, 1.807) is 6.07 Å². The molecule has 2 saturated heterocycles. The molecule has 0 saturated carbocycles. The number of aliphatic hydroxyl groups excluding tert-OH is 1. The summed E-state index contributed by atoms with van der Waals surface area (Å²) in [5.41, 5.74) is 8.46. The molecule has 0 aliphatic carbocycles. The van der Waals surface area contributed by atoms with Crippen LogP contribution in [0.3, 0.4) is 0 Å². The maximum absolute atomic E-state index is 14.3. The minimum Gasteiger partial charge on any atom is -0.392 e. The number of benzene rings is 1. The summed E-state index contributed by atoms with van der Waals surface area (Å²) >= 11 is 0. The molecule has 2 aromatic heterocycles. The molecule has 4 N–H and O–H groups in total. The molecular weight excluding hydrogens is 421 g/mol. The van der Waals surface area contributed by atoms with Gasteiger partial charge in [-0.3, -0.25) is 0 Å². The van der Waals surface area contributed by atoms with Crippen molar-refractivity contribution < 1.29 is 17.9 Å². The SMILES string of the molecule is CS(=O)(=O)c1c(C2C[C@H]3CC[C@@H](C2)N3)nc2c(-c3ccc(CO)c(F)c3)cnn2c1N. The number of sulfone groups is 1. The van der Waals surface area contributed by atoms with Crippen molar-refractivity contribution in [3.05, 3.63) is 41.5 Å². The van der Waals surface area contributed by atoms with E-state index >= 15 is 0 Å². The minimum atomic E-state index is -3.65. The second kappa shape index (κ2) is 7.25. The summed E-state index contributed by atoms with van der Waals surface area (Å²) in [7, 11) is -3.65. The zero-order valence-electron chi connectivity index (χ0n) is 17.0. The molecule has 2 aliphatic heterocycles. The summed E-state index contributed by atoms with van der Waals surface area (Å²) in [5, 5.41) is 17.0. The number of rotatable bonds is 4. The Hall–Kier alpha value is -2.56. The van der Waals surface area contributed by atoms with Gasteiger partial charge in [-0.25, -0.2) is 17.8 Å². The Morgan fingerprint density at radius 2 is 2.00 bits per heavy atom. The largest absolute Gasteiger partial charge is 0.392 e. The number of nitrogens with two attached hydrogens (primary N) is 1. The first-order valence-corrected chi connectivity index (χ1v) is 12.2. The van der Waals surface area contributed by atoms with Gasteiger partial charge in [0.2, 0.25) is 0 Å². The molecule has 10 heteroatoms. The maximum atomic E-state index is 14.3. The zero-order valence-corrected chi connectivity index (χ0v) is 17.9. The number of hydrogen-bond acceptors (Lipinski definition) is 7. The Bertz CT molecular complexity index is 1280. The van der Waals surface area contributed by atoms with Gasteiger partial charge in [-0.15, -0.1) is 0 Å². The van der Waals surface area contributed by atoms with Crippen LogP contribution in [0.25, 0.3) is 16.8 Å². The van der Waals surface area contributed by atoms with Crippen LogP contribution < -0.4 is 11.1 Å². The number of fused-ring (bicyclic) bond motifs is 3. The first kappa shape index (κ1) is 20.3. The summed E-state index contributed by atoms with van der Waals surface area (Å²) < 4.78 is 41.0. The number of anilines is 1. The van der Waals surface area contributed by atoms with E-state index in [0.717, 1.165) is 31.9 Å². The van der Waals surface area contributed by atoms with Crippen LogP contribution in [0.1, 0.15) is 42.9 Å². The molecule has 2 aliphatic rings. The van der Waals surface area contributed by atoms with Crippen molar-refractivity contribution in [2.45, 2.75) is 55.2 Å². The highest BCUT2D eigenvalue weighted by molar-refractivity contribution is 7.91. The molecule has 1 aromatic carbocycles. The Labute approximate surface area is 179 Å². The van der Waals surface area contributed by atoms with Crippen molar-refractivity contribution in [1.82, 2.24) is 19.9 Å². The highest BCUT2D eigenvalue weighted by atomic mass is 32.2. The van der Waals surface area contributed by atoms with Crippen LogP contribution in [0.15, 0.2) is 29.3 Å². The number of hydrogen-bond donors (Lipinski definition) is 3. The highest BCUT2D eigenvalue weighted by Gasteiger charge is 2.38. The maximum Gasteiger partial charge on any atom is 0.180 e. The van der Waals surface area contributed by atoms with Crippen LogP contribution in [0.5, 0.6) is 0 Å². The molecule has 8 nitrogen and oxygen atoms in total. The monoisotopic (exact) mass is 445 g/mol. The lowest BCUT2D eigenvalue weighted by atomic mass is 9.89. The molecule has 2 bridgehead atoms. The van der Waals surface area contributed by atoms with E-state index in [2.05, 4.69) is 10.4 Å². The second-order valence-electron chi connectivity index (χ2n) is 8.55. The predicted molar refractivity (Wildman–Crippen MR) is 114 cm³/mol. The van der Waals surface area contributed by atoms with Crippen molar-refractivity contribution in [2.24, 2.45) is 0 Å². The van der Waals surface area contributed by atoms with Gasteiger partial charge in [-0.2, -0.15) is 9.61 Å². The molecule has 4 heterocycles. The van der Waals surface area contributed by atoms with E-state index in [0.29, 0.717) is 34.6 Å². The lowest BCUT2D eigenvalue weighted by molar-refractivity contribution is 0.276. The molecule has 3 aromatic rings. The van der Waals surface area contributed by atoms with Crippen molar-refractivity contribution in [1.29, 1.82) is 0 Å². The smallest absolute Gasteiger partial charge is 0.180 e. The Morgan fingerprint density at radius 1 is 1.29 bits per heavy atom. The summed E-state index contributed by atoms with van der Waals surface area (Å²) in [6.45, 7) is -0.397. The van der Waals surface area contributed by atoms with Crippen LogP contribution in [-0.4, -0.2) is 46.5 Å². The number of nitrogens with zero attached hydrogens (tertiary/aromatic N) is 3. The summed E-state index contributed by atoms with van der Waals surface area (Å²) in [4.78, 5) is 4.80. The summed E-state index contributed by atoms with van der Waals surface area (Å²) in [6.07, 6.45) is 6.38. The van der Waals surface area contributed by atoms with Crippen molar-refractivity contribution >= 4 is 21.3 Å². The van der Waals surface area contributed by atoms with Gasteiger partial charge in [-0.05, 0) is 37.3 Å². The van der Waals surface area contributed by atoms with Gasteiger partial charge in [0.25, 0.3) is 0 Å². The lowest BCUT2D eigenvalue weighted by Crippen LogP contribution is -2.38. The van der Waals surface area contributed by atoms with E-state index in [1.807, 2.05) is 0 Å². The van der Waals surface area contributed by atoms with Gasteiger partial charge in [0.15, 0.2) is 15.5 Å². The standard InChI is InChI=1S/C21H24FN5O3S/c1-31(29,30)19-18(13-6-14-4-5-15(7-13)25-14)26-21-16(9-24-27(21)20(19)23)11-2-3-12(10-28)17(22)8-11/h2-3,8-9,13-15,25,28H,4-7,10,23H2,1H3/t13?,14-,15+. The molecule has 5 rings (SSSR count). The third-order valence-electron chi connectivity index (χ3n) is 6.43. The number of piperidine rings is 1. The minimum absolute atomic E-state index is 0.0204. The second-order valence-corrected chi connectivity index (χ2v) is 10.5. The fourth-order valence-electron chi connectivity index (χ4n) is 5.00. The van der Waals surface area contributed by atoms with Crippen molar-refractivity contribution in [3.8, 4) is 11.1 Å². The van der Waals surface area contributed by atoms with E-state index in [9.17, 15) is 17.9 Å². The molecular formula is C21H24FN5O3S. The average Bonchev–Trinajstić information content (AvgIpc) is 3.29. The molecule has 3 atom stereocenters. The van der Waals surface area contributed by atoms with Gasteiger partial charge < -0.3 is 16.2 Å². The quantitative estimate of drug-likeness (QED) is 0.561. The lowest BCUT2D eigenvalue weighted by Gasteiger charge is -2.30. The van der Waals surface area contributed by atoms with Gasteiger partial charge in [-0.1, -0.05) is 12.1 Å². The van der Waals surface area contributed by atoms with Gasteiger partial charge in [0.1, 0.15) is 16.5 Å². The first-order valence-electron chi connectivity index (χ1n) is 10.3. The summed E-state index contributed by atoms with van der Waals surface area (Å²) in [5.74, 6) is -0.547. The fourth-order valence-corrected chi connectivity index (χ4v) is 6.06. The van der Waals surface area contributed by atoms with Gasteiger partial charge in [0, 0.05) is 35.4 Å². The molecule has 1 unspecified atom stereocenters. The number of halogens is 1. The average molecular weight is 446 g/mol. The molecule has 0 amide bonds. The van der Waals surface area contributed by atoms with E-state index < -0.39 is 22.3 Å². The number of aromatic nitrogens is 3. The molecule has 31 heavy (non-hydrogen) atoms. The molecule has 0 spiro atoms. The molecule has 2 fully saturated rings. The number of nitrogens with one attached hydrogen (secondary N) is 1. The molecule has 0 radical (unpaired) electrons. The highest BCUT2D eigenvalue weighted by Crippen LogP contribution is 2.41. The zero-order chi connectivity index (χ0) is 21.9. The Balaban J connectivity index is 1.71. The van der Waals surface area contributed by atoms with E-state index in [-0.39, 0.29) is 22.2 Å². The Kier molecular flexibility index (Phi) is 4.76. The third kappa shape index (κ3) is 3.38. The Morgan fingerprint density at radius 3 is 2.61 bits per heavy atom. The number of nitrogen functional groups attached to an aromatic ring is 1. The first-order chi connectivity index (χ1) is 14.8. The van der Waals surface area contributed by atoms with Crippen LogP contribution in [-0.2, 0) is 16.4 Å². The number of aliphatic hydroxyl groups is 1. The third-order valence-corrected chi connectivity index (χ3v) is 7.59. The van der Waals surface area contributed by atoms with E-state index in [1.165, 1.54) is 22.8 Å². The van der Waals surface area contributed by atoms with Crippen LogP contribution in [0.4, 0.5) is 10.2 Å².